The van der Waals surface area contributed by atoms with Gasteiger partial charge in [-0.2, -0.15) is 0 Å². The predicted molar refractivity (Wildman–Crippen MR) is 185 cm³/mol. The number of nitrogens with zero attached hydrogens (tertiary/aromatic N) is 3. The number of aliphatic hydroxyl groups excluding tert-OH is 1. The third-order valence-corrected chi connectivity index (χ3v) is 10.2. The number of carbonyl (C=O) groups excluding carboxylic acids is 2. The van der Waals surface area contributed by atoms with Crippen LogP contribution < -0.4 is 14.4 Å². The Labute approximate surface area is 285 Å². The third kappa shape index (κ3) is 6.76. The predicted octanol–water partition coefficient (Wildman–Crippen LogP) is 8.31. The van der Waals surface area contributed by atoms with Crippen molar-refractivity contribution >= 4 is 57.3 Å². The average Bonchev–Trinajstić information content (AvgIpc) is 3.66. The minimum atomic E-state index is -1.01. The molecule has 6 rings (SSSR count). The van der Waals surface area contributed by atoms with Crippen molar-refractivity contribution in [3.8, 4) is 11.5 Å². The number of rotatable bonds is 10. The highest BCUT2D eigenvalue weighted by molar-refractivity contribution is 8.00. The van der Waals surface area contributed by atoms with Gasteiger partial charge in [-0.1, -0.05) is 107 Å². The first kappa shape index (κ1) is 32.3. The van der Waals surface area contributed by atoms with Crippen molar-refractivity contribution in [2.24, 2.45) is 0 Å². The molecule has 8 nitrogen and oxygen atoms in total. The molecule has 11 heteroatoms. The summed E-state index contributed by atoms with van der Waals surface area (Å²) in [5.41, 5.74) is 4.52. The number of aromatic nitrogens is 2. The number of aryl methyl sites for hydroxylation is 2. The molecule has 0 aliphatic carbocycles. The second-order valence-corrected chi connectivity index (χ2v) is 13.5. The zero-order valence-corrected chi connectivity index (χ0v) is 28.2. The maximum absolute atomic E-state index is 13.8. The lowest BCUT2D eigenvalue weighted by Gasteiger charge is -2.23. The minimum Gasteiger partial charge on any atom is -0.507 e. The first-order valence-electron chi connectivity index (χ1n) is 14.7. The van der Waals surface area contributed by atoms with Crippen LogP contribution in [0.4, 0.5) is 5.13 Å². The summed E-state index contributed by atoms with van der Waals surface area (Å²) in [6.45, 7) is 4.06. The number of thioether (sulfide) groups is 1. The summed E-state index contributed by atoms with van der Waals surface area (Å²) < 4.78 is 12.4. The quantitative estimate of drug-likeness (QED) is 0.0516. The van der Waals surface area contributed by atoms with Gasteiger partial charge in [0.05, 0.1) is 18.7 Å². The lowest BCUT2D eigenvalue weighted by atomic mass is 9.93. The summed E-state index contributed by atoms with van der Waals surface area (Å²) in [5.74, 6) is -0.463. The first-order valence-corrected chi connectivity index (χ1v) is 16.9. The summed E-state index contributed by atoms with van der Waals surface area (Å²) >= 11 is 8.95. The molecule has 0 radical (unpaired) electrons. The highest BCUT2D eigenvalue weighted by Crippen LogP contribution is 2.46. The first-order chi connectivity index (χ1) is 22.7. The SMILES string of the molecule is COc1cc(C2C(=C(O)c3cc(C)ccc3C)C(=O)C(=O)N2c2nnc(SCc3ccccc3Cl)s2)ccc1OCc1ccccc1. The van der Waals surface area contributed by atoms with E-state index < -0.39 is 17.7 Å². The van der Waals surface area contributed by atoms with Gasteiger partial charge in [-0.3, -0.25) is 14.5 Å². The minimum absolute atomic E-state index is 0.0517. The van der Waals surface area contributed by atoms with E-state index in [-0.39, 0.29) is 16.5 Å². The van der Waals surface area contributed by atoms with Crippen LogP contribution in [0.15, 0.2) is 101 Å². The smallest absolute Gasteiger partial charge is 0.301 e. The van der Waals surface area contributed by atoms with Crippen molar-refractivity contribution < 1.29 is 24.2 Å². The van der Waals surface area contributed by atoms with Crippen LogP contribution in [0.25, 0.3) is 5.76 Å². The topological polar surface area (TPSA) is 102 Å². The Kier molecular flexibility index (Phi) is 9.63. The molecular formula is C36H30ClN3O5S2. The molecule has 1 N–H and O–H groups in total. The Morgan fingerprint density at radius 1 is 0.957 bits per heavy atom. The molecule has 1 unspecified atom stereocenters. The summed E-state index contributed by atoms with van der Waals surface area (Å²) in [7, 11) is 1.52. The van der Waals surface area contributed by atoms with Crippen LogP contribution >= 0.6 is 34.7 Å². The van der Waals surface area contributed by atoms with Gasteiger partial charge in [-0.15, -0.1) is 10.2 Å². The van der Waals surface area contributed by atoms with Crippen LogP contribution in [0.3, 0.4) is 0 Å². The number of hydrogen-bond acceptors (Lipinski definition) is 9. The fourth-order valence-corrected chi connectivity index (χ4v) is 7.46. The third-order valence-electron chi connectivity index (χ3n) is 7.74. The molecule has 1 aliphatic heterocycles. The monoisotopic (exact) mass is 683 g/mol. The normalized spacial score (nSPS) is 15.7. The maximum atomic E-state index is 13.8. The molecule has 1 saturated heterocycles. The highest BCUT2D eigenvalue weighted by atomic mass is 35.5. The van der Waals surface area contributed by atoms with Crippen molar-refractivity contribution in [3.05, 3.63) is 135 Å². The van der Waals surface area contributed by atoms with Crippen LogP contribution in [0.2, 0.25) is 5.02 Å². The standard InChI is InChI=1S/C36H30ClN3O5S2/c1-21-13-14-22(2)26(17-21)32(41)30-31(24-15-16-28(29(18-24)44-3)45-19-23-9-5-4-6-10-23)40(34(43)33(30)42)35-38-39-36(47-35)46-20-25-11-7-8-12-27(25)37/h4-18,31,41H,19-20H2,1-3H3. The Hall–Kier alpha value is -4.64. The van der Waals surface area contributed by atoms with E-state index in [0.717, 1.165) is 22.3 Å². The van der Waals surface area contributed by atoms with Gasteiger partial charge in [0.15, 0.2) is 15.8 Å². The van der Waals surface area contributed by atoms with E-state index in [1.165, 1.54) is 35.1 Å². The molecule has 47 heavy (non-hydrogen) atoms. The number of hydrogen-bond donors (Lipinski definition) is 1. The lowest BCUT2D eigenvalue weighted by Crippen LogP contribution is -2.29. The highest BCUT2D eigenvalue weighted by Gasteiger charge is 2.48. The fraction of sp³-hybridized carbons (Fsp3) is 0.167. The summed E-state index contributed by atoms with van der Waals surface area (Å²) in [4.78, 5) is 28.9. The Bertz CT molecular complexity index is 2000. The molecule has 5 aromatic rings. The van der Waals surface area contributed by atoms with Crippen LogP contribution in [0.1, 0.15) is 39.4 Å². The molecule has 1 aromatic heterocycles. The molecule has 0 spiro atoms. The van der Waals surface area contributed by atoms with Gasteiger partial charge in [0, 0.05) is 16.3 Å². The molecule has 1 fully saturated rings. The molecule has 0 bridgehead atoms. The van der Waals surface area contributed by atoms with E-state index >= 15 is 0 Å². The van der Waals surface area contributed by atoms with Crippen LogP contribution in [-0.2, 0) is 21.9 Å². The van der Waals surface area contributed by atoms with E-state index in [4.69, 9.17) is 21.1 Å². The number of halogens is 1. The van der Waals surface area contributed by atoms with E-state index in [2.05, 4.69) is 10.2 Å². The number of Topliss-reactive ketones (excluding diaryl/α,β-unsaturated/α-hetero) is 1. The molecule has 2 heterocycles. The number of anilines is 1. The Morgan fingerprint density at radius 3 is 2.49 bits per heavy atom. The van der Waals surface area contributed by atoms with E-state index in [9.17, 15) is 14.7 Å². The van der Waals surface area contributed by atoms with Gasteiger partial charge in [0.25, 0.3) is 5.78 Å². The number of aliphatic hydroxyl groups is 1. The largest absolute Gasteiger partial charge is 0.507 e. The number of methoxy groups -OCH3 is 1. The fourth-order valence-electron chi connectivity index (χ4n) is 5.30. The molecular weight excluding hydrogens is 654 g/mol. The summed E-state index contributed by atoms with van der Waals surface area (Å²) in [6, 6.07) is 27.1. The Balaban J connectivity index is 1.41. The van der Waals surface area contributed by atoms with Crippen LogP contribution in [0.5, 0.6) is 11.5 Å². The zero-order valence-electron chi connectivity index (χ0n) is 25.8. The molecule has 1 atom stereocenters. The number of ketones is 1. The summed E-state index contributed by atoms with van der Waals surface area (Å²) in [6.07, 6.45) is 0. The zero-order chi connectivity index (χ0) is 33.1. The molecule has 238 valence electrons. The molecule has 0 saturated carbocycles. The van der Waals surface area contributed by atoms with E-state index in [1.54, 1.807) is 24.3 Å². The number of carbonyl (C=O) groups is 2. The number of ether oxygens (including phenoxy) is 2. The molecule has 1 aliphatic rings. The lowest BCUT2D eigenvalue weighted by molar-refractivity contribution is -0.132. The maximum Gasteiger partial charge on any atom is 0.301 e. The van der Waals surface area contributed by atoms with Gasteiger partial charge in [-0.05, 0) is 60.4 Å². The van der Waals surface area contributed by atoms with Crippen molar-refractivity contribution in [3.63, 3.8) is 0 Å². The van der Waals surface area contributed by atoms with Gasteiger partial charge in [-0.25, -0.2) is 0 Å². The van der Waals surface area contributed by atoms with Gasteiger partial charge < -0.3 is 14.6 Å². The molecule has 1 amide bonds. The average molecular weight is 684 g/mol. The van der Waals surface area contributed by atoms with Crippen LogP contribution in [-0.4, -0.2) is 34.1 Å². The number of amides is 1. The molecule has 4 aromatic carbocycles. The second kappa shape index (κ2) is 14.0. The van der Waals surface area contributed by atoms with Crippen molar-refractivity contribution in [2.75, 3.05) is 12.0 Å². The van der Waals surface area contributed by atoms with Crippen molar-refractivity contribution in [1.82, 2.24) is 10.2 Å². The van der Waals surface area contributed by atoms with E-state index in [0.29, 0.717) is 44.3 Å². The second-order valence-electron chi connectivity index (χ2n) is 10.9. The van der Waals surface area contributed by atoms with Gasteiger partial charge in [0.1, 0.15) is 12.4 Å². The van der Waals surface area contributed by atoms with Crippen molar-refractivity contribution in [2.45, 2.75) is 36.6 Å². The number of benzene rings is 4. The van der Waals surface area contributed by atoms with Crippen LogP contribution in [0, 0.1) is 13.8 Å². The Morgan fingerprint density at radius 2 is 1.72 bits per heavy atom. The summed E-state index contributed by atoms with van der Waals surface area (Å²) in [5, 5.41) is 21.2. The van der Waals surface area contributed by atoms with E-state index in [1.807, 2.05) is 80.6 Å². The van der Waals surface area contributed by atoms with Crippen molar-refractivity contribution in [1.29, 1.82) is 0 Å². The van der Waals surface area contributed by atoms with Gasteiger partial charge in [0.2, 0.25) is 5.13 Å². The van der Waals surface area contributed by atoms with Gasteiger partial charge >= 0.3 is 5.91 Å².